The molecule has 56 valence electrons. The second-order valence-corrected chi connectivity index (χ2v) is 3.31. The maximum Gasteiger partial charge on any atom is 0.228 e. The molecule has 4 nitrogen and oxygen atoms in total. The van der Waals surface area contributed by atoms with E-state index in [1.807, 2.05) is 0 Å². The number of hydrogen-bond donors (Lipinski definition) is 1. The summed E-state index contributed by atoms with van der Waals surface area (Å²) in [5.41, 5.74) is 0. The smallest absolute Gasteiger partial charge is 0.228 e. The van der Waals surface area contributed by atoms with Crippen molar-refractivity contribution >= 4 is 27.0 Å². The van der Waals surface area contributed by atoms with Crippen molar-refractivity contribution in [2.75, 3.05) is 0 Å². The van der Waals surface area contributed by atoms with Crippen LogP contribution in [0.5, 0.6) is 0 Å². The van der Waals surface area contributed by atoms with Crippen molar-refractivity contribution in [2.45, 2.75) is 0 Å². The molecule has 0 unspecified atom stereocenters. The molecule has 10 heavy (non-hydrogen) atoms. The van der Waals surface area contributed by atoms with Gasteiger partial charge in [0.2, 0.25) is 10.9 Å². The second-order valence-electron chi connectivity index (χ2n) is 1.56. The summed E-state index contributed by atoms with van der Waals surface area (Å²) in [5.74, 6) is 0. The molecule has 6 heteroatoms. The van der Waals surface area contributed by atoms with Crippen molar-refractivity contribution < 1.29 is 8.42 Å². The molecule has 0 aliphatic carbocycles. The molecule has 0 N–H and O–H groups in total. The predicted molar refractivity (Wildman–Crippen MR) is 41.2 cm³/mol. The van der Waals surface area contributed by atoms with Gasteiger partial charge in [0.25, 0.3) is 0 Å². The fourth-order valence-electron chi connectivity index (χ4n) is 0.472. The van der Waals surface area contributed by atoms with Gasteiger partial charge in [0.05, 0.1) is 16.1 Å². The second kappa shape index (κ2) is 3.07. The Kier molecular flexibility index (Phi) is 2.34. The molecule has 0 aromatic heterocycles. The molecule has 0 saturated carbocycles. The average Bonchev–Trinajstić information content (AvgIpc) is 1.88. The van der Waals surface area contributed by atoms with Crippen LogP contribution in [0.3, 0.4) is 0 Å². The molecule has 0 fully saturated rings. The number of rotatable bonds is 1. The van der Waals surface area contributed by atoms with Gasteiger partial charge in [-0.3, -0.25) is 8.23 Å². The summed E-state index contributed by atoms with van der Waals surface area (Å²) in [4.78, 5) is 0. The van der Waals surface area contributed by atoms with Crippen molar-refractivity contribution in [3.63, 3.8) is 0 Å². The highest BCUT2D eigenvalue weighted by Gasteiger charge is 2.00. The molecule has 0 aromatic rings. The molecular weight excluding hydrogens is 220 g/mol. The average molecular weight is 225 g/mol. The minimum atomic E-state index is -2.53. The van der Waals surface area contributed by atoms with E-state index in [1.54, 1.807) is 16.3 Å². The van der Waals surface area contributed by atoms with E-state index < -0.39 is 10.9 Å². The van der Waals surface area contributed by atoms with Gasteiger partial charge in [-0.2, -0.15) is 0 Å². The number of halogens is 1. The molecule has 0 atom stereocenters. The highest BCUT2D eigenvalue weighted by Crippen LogP contribution is 2.07. The maximum absolute atomic E-state index is 10.3. The Morgan fingerprint density at radius 2 is 1.60 bits per heavy atom. The van der Waals surface area contributed by atoms with Crippen LogP contribution in [0.25, 0.3) is 0 Å². The maximum atomic E-state index is 10.3. The van der Waals surface area contributed by atoms with Crippen LogP contribution in [0.1, 0.15) is 0 Å². The Labute approximate surface area is 68.8 Å². The Bertz CT molecular complexity index is 226. The normalized spacial score (nSPS) is 17.0. The molecule has 1 heterocycles. The first kappa shape index (κ1) is 7.62. The van der Waals surface area contributed by atoms with E-state index >= 15 is 0 Å². The molecule has 0 amide bonds. The summed E-state index contributed by atoms with van der Waals surface area (Å²) in [6.45, 7) is 0. The van der Waals surface area contributed by atoms with Crippen LogP contribution in [0.2, 0.25) is 0 Å². The van der Waals surface area contributed by atoms with Gasteiger partial charge in [0.15, 0.2) is 0 Å². The first-order chi connectivity index (χ1) is 4.70. The van der Waals surface area contributed by atoms with Gasteiger partial charge in [-0.15, -0.1) is 0 Å². The van der Waals surface area contributed by atoms with Crippen molar-refractivity contribution in [3.8, 4) is 0 Å². The standard InChI is InChI=1S/C4H5BrN2O2S/c5-6-1-3-7(4-2-6)10(8)9/h1-4,10H. The zero-order valence-corrected chi connectivity index (χ0v) is 7.33. The van der Waals surface area contributed by atoms with Gasteiger partial charge in [0, 0.05) is 24.8 Å². The number of nitrogens with zero attached hydrogens (tertiary/aromatic N) is 2. The van der Waals surface area contributed by atoms with Crippen LogP contribution in [0, 0.1) is 0 Å². The third-order valence-electron chi connectivity index (χ3n) is 0.912. The van der Waals surface area contributed by atoms with E-state index in [-0.39, 0.29) is 0 Å². The zero-order valence-electron chi connectivity index (χ0n) is 4.85. The van der Waals surface area contributed by atoms with Crippen LogP contribution in [-0.2, 0) is 10.9 Å². The summed E-state index contributed by atoms with van der Waals surface area (Å²) in [6.07, 6.45) is 6.01. The number of hydrogen-bond acceptors (Lipinski definition) is 3. The molecule has 1 rings (SSSR count). The highest BCUT2D eigenvalue weighted by molar-refractivity contribution is 9.07. The minimum Gasteiger partial charge on any atom is -0.289 e. The van der Waals surface area contributed by atoms with Crippen LogP contribution in [0.4, 0.5) is 0 Å². The number of thiol groups is 1. The molecule has 0 bridgehead atoms. The summed E-state index contributed by atoms with van der Waals surface area (Å²) in [6, 6.07) is 0. The SMILES string of the molecule is O=[SH](=O)N1C=CN(Br)C=C1. The molecule has 1 aliphatic heterocycles. The lowest BCUT2D eigenvalue weighted by Crippen LogP contribution is -2.12. The van der Waals surface area contributed by atoms with Gasteiger partial charge in [0.1, 0.15) is 0 Å². The monoisotopic (exact) mass is 224 g/mol. The van der Waals surface area contributed by atoms with Crippen LogP contribution in [0.15, 0.2) is 24.8 Å². The van der Waals surface area contributed by atoms with Crippen molar-refractivity contribution in [1.29, 1.82) is 0 Å². The molecular formula is C4H5BrN2O2S. The quantitative estimate of drug-likeness (QED) is 0.518. The van der Waals surface area contributed by atoms with Crippen LogP contribution >= 0.6 is 16.1 Å². The molecule has 0 aromatic carbocycles. The van der Waals surface area contributed by atoms with E-state index in [0.717, 1.165) is 4.31 Å². The lowest BCUT2D eigenvalue weighted by Gasteiger charge is -2.14. The minimum absolute atomic E-state index is 1.09. The first-order valence-corrected chi connectivity index (χ1v) is 4.27. The largest absolute Gasteiger partial charge is 0.289 e. The topological polar surface area (TPSA) is 40.6 Å². The summed E-state index contributed by atoms with van der Waals surface area (Å²) >= 11 is 3.10. The van der Waals surface area contributed by atoms with E-state index in [0.29, 0.717) is 0 Å². The lowest BCUT2D eigenvalue weighted by atomic mass is 10.7. The van der Waals surface area contributed by atoms with Crippen LogP contribution < -0.4 is 0 Å². The first-order valence-electron chi connectivity index (χ1n) is 2.43. The van der Waals surface area contributed by atoms with Gasteiger partial charge >= 0.3 is 0 Å². The predicted octanol–water partition coefficient (Wildman–Crippen LogP) is 0.383. The van der Waals surface area contributed by atoms with Gasteiger partial charge in [-0.25, -0.2) is 8.42 Å². The van der Waals surface area contributed by atoms with Crippen molar-refractivity contribution in [3.05, 3.63) is 24.8 Å². The summed E-state index contributed by atoms with van der Waals surface area (Å²) in [5, 5.41) is 0. The highest BCUT2D eigenvalue weighted by atomic mass is 79.9. The van der Waals surface area contributed by atoms with Gasteiger partial charge < -0.3 is 0 Å². The van der Waals surface area contributed by atoms with E-state index in [9.17, 15) is 8.42 Å². The Balaban J connectivity index is 2.71. The van der Waals surface area contributed by atoms with E-state index in [1.165, 1.54) is 12.4 Å². The third-order valence-corrected chi connectivity index (χ3v) is 2.03. The van der Waals surface area contributed by atoms with Crippen LogP contribution in [-0.4, -0.2) is 16.6 Å². The lowest BCUT2D eigenvalue weighted by molar-refractivity contribution is 0.567. The Morgan fingerprint density at radius 3 is 2.00 bits per heavy atom. The molecule has 0 spiro atoms. The van der Waals surface area contributed by atoms with Crippen molar-refractivity contribution in [2.24, 2.45) is 0 Å². The Morgan fingerprint density at radius 1 is 1.10 bits per heavy atom. The zero-order chi connectivity index (χ0) is 7.56. The van der Waals surface area contributed by atoms with Crippen molar-refractivity contribution in [1.82, 2.24) is 8.23 Å². The van der Waals surface area contributed by atoms with Gasteiger partial charge in [-0.1, -0.05) is 0 Å². The third kappa shape index (κ3) is 1.74. The summed E-state index contributed by atoms with van der Waals surface area (Å²) in [7, 11) is -2.53. The van der Waals surface area contributed by atoms with Gasteiger partial charge in [-0.05, 0) is 0 Å². The van der Waals surface area contributed by atoms with E-state index in [4.69, 9.17) is 0 Å². The fraction of sp³-hybridized carbons (Fsp3) is 0. The molecule has 1 aliphatic rings. The molecule has 0 radical (unpaired) electrons. The van der Waals surface area contributed by atoms with E-state index in [2.05, 4.69) is 16.1 Å². The summed E-state index contributed by atoms with van der Waals surface area (Å²) < 4.78 is 23.2. The Hall–Kier alpha value is -0.490. The fourth-order valence-corrected chi connectivity index (χ4v) is 1.02. The molecule has 0 saturated heterocycles.